The summed E-state index contributed by atoms with van der Waals surface area (Å²) in [6, 6.07) is 1.82. The number of hydrogen-bond donors (Lipinski definition) is 2. The Labute approximate surface area is 190 Å². The molecule has 0 saturated heterocycles. The summed E-state index contributed by atoms with van der Waals surface area (Å²) in [5.41, 5.74) is 2.93. The molecule has 1 rings (SSSR count). The second-order valence-electron chi connectivity index (χ2n) is 6.77. The fourth-order valence-corrected chi connectivity index (χ4v) is 2.83. The van der Waals surface area contributed by atoms with Crippen LogP contribution in [0.1, 0.15) is 24.8 Å². The molecule has 0 aliphatic heterocycles. The van der Waals surface area contributed by atoms with Gasteiger partial charge in [-0.2, -0.15) is 5.48 Å². The van der Waals surface area contributed by atoms with Gasteiger partial charge in [-0.25, -0.2) is 9.37 Å². The minimum atomic E-state index is -0.994. The first-order valence-electron chi connectivity index (χ1n) is 9.79. The van der Waals surface area contributed by atoms with Crippen LogP contribution in [0.3, 0.4) is 0 Å². The average Bonchev–Trinajstić information content (AvgIpc) is 2.83. The van der Waals surface area contributed by atoms with Crippen molar-refractivity contribution in [3.63, 3.8) is 0 Å². The number of terminal acetylenes is 1. The molecule has 32 heavy (non-hydrogen) atoms. The molecule has 1 aromatic heterocycles. The van der Waals surface area contributed by atoms with E-state index < -0.39 is 24.3 Å². The molecule has 9 heteroatoms. The lowest BCUT2D eigenvalue weighted by atomic mass is 9.89. The third-order valence-electron chi connectivity index (χ3n) is 4.59. The molecule has 3 atom stereocenters. The van der Waals surface area contributed by atoms with Gasteiger partial charge in [0.1, 0.15) is 25.0 Å². The van der Waals surface area contributed by atoms with Gasteiger partial charge in [-0.15, -0.1) is 6.42 Å². The molecule has 1 aromatic rings. The summed E-state index contributed by atoms with van der Waals surface area (Å²) >= 11 is 0. The number of nitrogens with one attached hydrogen (secondary N) is 2. The topological polar surface area (TPSA) is 73.9 Å². The molecule has 180 valence electrons. The van der Waals surface area contributed by atoms with Gasteiger partial charge >= 0.3 is 0 Å². The summed E-state index contributed by atoms with van der Waals surface area (Å²) in [5.74, 6) is 3.51. The van der Waals surface area contributed by atoms with Crippen LogP contribution in [0.15, 0.2) is 36.6 Å². The number of halogens is 2. The predicted octanol–water partition coefficient (Wildman–Crippen LogP) is 3.81. The van der Waals surface area contributed by atoms with Crippen molar-refractivity contribution in [2.75, 3.05) is 54.3 Å². The molecule has 2 N–H and O–H groups in total. The summed E-state index contributed by atoms with van der Waals surface area (Å²) in [6.45, 7) is 5.18. The van der Waals surface area contributed by atoms with Crippen molar-refractivity contribution in [1.82, 2.24) is 10.5 Å². The Morgan fingerprint density at radius 1 is 1.38 bits per heavy atom. The van der Waals surface area contributed by atoms with Crippen LogP contribution in [0, 0.1) is 12.3 Å². The van der Waals surface area contributed by atoms with E-state index in [0.29, 0.717) is 30.7 Å². The van der Waals surface area contributed by atoms with Gasteiger partial charge in [0.15, 0.2) is 0 Å². The number of methoxy groups -OCH3 is 2. The van der Waals surface area contributed by atoms with E-state index in [4.69, 9.17) is 25.5 Å². The number of ether oxygens (including phenoxy) is 3. The Morgan fingerprint density at radius 2 is 2.06 bits per heavy atom. The molecule has 0 fully saturated rings. The fourth-order valence-electron chi connectivity index (χ4n) is 2.83. The summed E-state index contributed by atoms with van der Waals surface area (Å²) in [5, 5.41) is 3.03. The van der Waals surface area contributed by atoms with Crippen molar-refractivity contribution in [3.05, 3.63) is 42.1 Å². The molecule has 0 saturated carbocycles. The second kappa shape index (κ2) is 16.2. The molecule has 1 heterocycles. The number of hydrogen-bond acceptors (Lipinski definition) is 7. The Hall–Kier alpha value is -2.51. The zero-order chi connectivity index (χ0) is 24.6. The average molecular weight is 456 g/mol. The van der Waals surface area contributed by atoms with Gasteiger partial charge in [0.25, 0.3) is 0 Å². The standard InChI is InChI=1S/C22H32FN3O4.CH3F/c1-8-18(19-12-17(27-5)13-25-21(19)24-4)20(28-6)16(2)10-9-11-22(3,14-23)30-15-26-29-7;1-2/h1,9-10,12-13,18,20,26H,2,11,14-15H2,3-7H3,(H,24,25);1H3/b10-9-;. The first kappa shape index (κ1) is 29.5. The van der Waals surface area contributed by atoms with E-state index in [1.54, 1.807) is 46.5 Å². The van der Waals surface area contributed by atoms with Gasteiger partial charge < -0.3 is 24.4 Å². The van der Waals surface area contributed by atoms with E-state index in [9.17, 15) is 8.78 Å². The van der Waals surface area contributed by atoms with E-state index >= 15 is 0 Å². The molecule has 3 unspecified atom stereocenters. The zero-order valence-corrected chi connectivity index (χ0v) is 19.7. The van der Waals surface area contributed by atoms with Crippen molar-refractivity contribution >= 4 is 5.82 Å². The number of hydroxylamine groups is 1. The Kier molecular flexibility index (Phi) is 14.9. The molecule has 0 bridgehead atoms. The molecule has 7 nitrogen and oxygen atoms in total. The third-order valence-corrected chi connectivity index (χ3v) is 4.59. The maximum Gasteiger partial charge on any atom is 0.137 e. The largest absolute Gasteiger partial charge is 0.495 e. The van der Waals surface area contributed by atoms with Gasteiger partial charge in [0.05, 0.1) is 45.2 Å². The van der Waals surface area contributed by atoms with Crippen LogP contribution < -0.4 is 15.5 Å². The monoisotopic (exact) mass is 455 g/mol. The SMILES string of the molecule is C#CC(c1cc(OC)cnc1NC)C(OC)C(=C)/C=C\CC(C)(CF)OCNOC.CF. The zero-order valence-electron chi connectivity index (χ0n) is 19.7. The van der Waals surface area contributed by atoms with Crippen LogP contribution in [-0.2, 0) is 14.3 Å². The molecule has 0 aliphatic rings. The molecule has 0 radical (unpaired) electrons. The number of pyridine rings is 1. The first-order chi connectivity index (χ1) is 15.4. The van der Waals surface area contributed by atoms with Crippen LogP contribution in [0.5, 0.6) is 5.75 Å². The van der Waals surface area contributed by atoms with Crippen molar-refractivity contribution in [2.45, 2.75) is 31.0 Å². The summed E-state index contributed by atoms with van der Waals surface area (Å²) in [7, 11) is 6.85. The van der Waals surface area contributed by atoms with Crippen LogP contribution in [0.4, 0.5) is 14.6 Å². The highest BCUT2D eigenvalue weighted by atomic mass is 19.1. The van der Waals surface area contributed by atoms with E-state index in [-0.39, 0.29) is 6.73 Å². The van der Waals surface area contributed by atoms with Crippen molar-refractivity contribution in [3.8, 4) is 18.1 Å². The lowest BCUT2D eigenvalue weighted by molar-refractivity contribution is -0.0963. The van der Waals surface area contributed by atoms with Crippen molar-refractivity contribution < 1.29 is 27.8 Å². The minimum absolute atomic E-state index is 0.0706. The van der Waals surface area contributed by atoms with Crippen molar-refractivity contribution in [2.24, 2.45) is 0 Å². The van der Waals surface area contributed by atoms with Crippen molar-refractivity contribution in [1.29, 1.82) is 0 Å². The Morgan fingerprint density at radius 3 is 2.56 bits per heavy atom. The number of aromatic nitrogens is 1. The van der Waals surface area contributed by atoms with Gasteiger partial charge in [0.2, 0.25) is 0 Å². The summed E-state index contributed by atoms with van der Waals surface area (Å²) in [6.07, 6.45) is 10.8. The maximum absolute atomic E-state index is 13.5. The summed E-state index contributed by atoms with van der Waals surface area (Å²) < 4.78 is 39.4. The molecular formula is C23H35F2N3O4. The van der Waals surface area contributed by atoms with E-state index in [0.717, 1.165) is 5.56 Å². The molecule has 0 amide bonds. The lowest BCUT2D eigenvalue weighted by Crippen LogP contribution is -2.34. The fraction of sp³-hybridized carbons (Fsp3) is 0.522. The second-order valence-corrected chi connectivity index (χ2v) is 6.77. The molecule has 0 spiro atoms. The number of alkyl halides is 2. The minimum Gasteiger partial charge on any atom is -0.495 e. The summed E-state index contributed by atoms with van der Waals surface area (Å²) in [4.78, 5) is 9.05. The van der Waals surface area contributed by atoms with Crippen LogP contribution in [0.25, 0.3) is 0 Å². The van der Waals surface area contributed by atoms with E-state index in [2.05, 4.69) is 28.3 Å². The van der Waals surface area contributed by atoms with Crippen LogP contribution in [0.2, 0.25) is 0 Å². The smallest absolute Gasteiger partial charge is 0.137 e. The Bertz CT molecular complexity index is 755. The van der Waals surface area contributed by atoms with Gasteiger partial charge in [-0.3, -0.25) is 4.39 Å². The first-order valence-corrected chi connectivity index (χ1v) is 9.79. The highest BCUT2D eigenvalue weighted by Crippen LogP contribution is 2.32. The normalized spacial score (nSPS) is 14.5. The number of anilines is 1. The molecule has 0 aliphatic carbocycles. The van der Waals surface area contributed by atoms with Crippen LogP contribution >= 0.6 is 0 Å². The van der Waals surface area contributed by atoms with Gasteiger partial charge in [-0.1, -0.05) is 24.7 Å². The predicted molar refractivity (Wildman–Crippen MR) is 123 cm³/mol. The van der Waals surface area contributed by atoms with E-state index in [1.807, 2.05) is 6.07 Å². The number of rotatable bonds is 14. The quantitative estimate of drug-likeness (QED) is 0.145. The van der Waals surface area contributed by atoms with Gasteiger partial charge in [-0.05, 0) is 25.0 Å². The lowest BCUT2D eigenvalue weighted by Gasteiger charge is -2.26. The Balaban J connectivity index is 0.00000466. The third kappa shape index (κ3) is 8.93. The van der Waals surface area contributed by atoms with E-state index in [1.165, 1.54) is 7.11 Å². The maximum atomic E-state index is 13.5. The molecular weight excluding hydrogens is 420 g/mol. The molecule has 0 aromatic carbocycles. The van der Waals surface area contributed by atoms with Crippen LogP contribution in [-0.4, -0.2) is 65.6 Å². The highest BCUT2D eigenvalue weighted by molar-refractivity contribution is 5.52. The highest BCUT2D eigenvalue weighted by Gasteiger charge is 2.27. The number of nitrogens with zero attached hydrogens (tertiary/aromatic N) is 1. The van der Waals surface area contributed by atoms with Gasteiger partial charge in [0, 0.05) is 19.7 Å².